The van der Waals surface area contributed by atoms with Crippen molar-refractivity contribution < 1.29 is 9.53 Å². The molecule has 0 aliphatic rings. The van der Waals surface area contributed by atoms with E-state index in [-0.39, 0.29) is 6.03 Å². The Hall–Kier alpha value is -2.82. The van der Waals surface area contributed by atoms with Crippen molar-refractivity contribution in [3.63, 3.8) is 0 Å². The van der Waals surface area contributed by atoms with Crippen LogP contribution in [-0.2, 0) is 0 Å². The van der Waals surface area contributed by atoms with E-state index in [1.165, 1.54) is 0 Å². The predicted octanol–water partition coefficient (Wildman–Crippen LogP) is 3.88. The highest BCUT2D eigenvalue weighted by Crippen LogP contribution is 2.13. The molecule has 0 saturated carbocycles. The summed E-state index contributed by atoms with van der Waals surface area (Å²) in [5.41, 5.74) is 3.99. The molecule has 2 rings (SSSR count). The zero-order valence-electron chi connectivity index (χ0n) is 13.3. The van der Waals surface area contributed by atoms with Crippen molar-refractivity contribution in [2.45, 2.75) is 13.8 Å². The molecule has 120 valence electrons. The van der Waals surface area contributed by atoms with Crippen molar-refractivity contribution in [3.8, 4) is 5.75 Å². The SMILES string of the molecule is CC(C)COc1cccc(/C=N/NC(=O)Nc2ccccc2)c1. The summed E-state index contributed by atoms with van der Waals surface area (Å²) in [6, 6.07) is 16.4. The fourth-order valence-corrected chi connectivity index (χ4v) is 1.79. The van der Waals surface area contributed by atoms with Crippen LogP contribution in [0.1, 0.15) is 19.4 Å². The van der Waals surface area contributed by atoms with Gasteiger partial charge in [0.05, 0.1) is 12.8 Å². The second kappa shape index (κ2) is 8.58. The smallest absolute Gasteiger partial charge is 0.339 e. The van der Waals surface area contributed by atoms with Gasteiger partial charge in [-0.05, 0) is 35.7 Å². The Kier molecular flexibility index (Phi) is 6.17. The molecule has 0 radical (unpaired) electrons. The van der Waals surface area contributed by atoms with Crippen LogP contribution in [0.25, 0.3) is 0 Å². The van der Waals surface area contributed by atoms with Crippen molar-refractivity contribution in [2.24, 2.45) is 11.0 Å². The van der Waals surface area contributed by atoms with Crippen molar-refractivity contribution >= 4 is 17.9 Å². The van der Waals surface area contributed by atoms with Crippen LogP contribution in [0.3, 0.4) is 0 Å². The molecule has 0 saturated heterocycles. The summed E-state index contributed by atoms with van der Waals surface area (Å²) >= 11 is 0. The molecule has 2 aromatic carbocycles. The minimum Gasteiger partial charge on any atom is -0.493 e. The number of para-hydroxylation sites is 1. The van der Waals surface area contributed by atoms with Crippen molar-refractivity contribution in [3.05, 3.63) is 60.2 Å². The van der Waals surface area contributed by atoms with E-state index in [0.717, 1.165) is 11.3 Å². The summed E-state index contributed by atoms with van der Waals surface area (Å²) < 4.78 is 5.65. The Balaban J connectivity index is 1.85. The highest BCUT2D eigenvalue weighted by Gasteiger charge is 2.00. The van der Waals surface area contributed by atoms with Crippen LogP contribution >= 0.6 is 0 Å². The molecule has 2 aromatic rings. The lowest BCUT2D eigenvalue weighted by atomic mass is 10.2. The van der Waals surface area contributed by atoms with Gasteiger partial charge >= 0.3 is 6.03 Å². The van der Waals surface area contributed by atoms with Gasteiger partial charge in [-0.15, -0.1) is 0 Å². The van der Waals surface area contributed by atoms with Gasteiger partial charge in [-0.25, -0.2) is 10.2 Å². The van der Waals surface area contributed by atoms with Crippen molar-refractivity contribution in [1.82, 2.24) is 5.43 Å². The number of hydrogen-bond acceptors (Lipinski definition) is 3. The molecule has 0 atom stereocenters. The summed E-state index contributed by atoms with van der Waals surface area (Å²) in [6.07, 6.45) is 1.58. The van der Waals surface area contributed by atoms with Crippen molar-refractivity contribution in [1.29, 1.82) is 0 Å². The third-order valence-electron chi connectivity index (χ3n) is 2.85. The number of rotatable bonds is 6. The van der Waals surface area contributed by atoms with Crippen LogP contribution in [-0.4, -0.2) is 18.9 Å². The quantitative estimate of drug-likeness (QED) is 0.628. The number of hydrazone groups is 1. The fourth-order valence-electron chi connectivity index (χ4n) is 1.79. The fraction of sp³-hybridized carbons (Fsp3) is 0.222. The molecule has 5 heteroatoms. The third kappa shape index (κ3) is 6.22. The predicted molar refractivity (Wildman–Crippen MR) is 93.0 cm³/mol. The average Bonchev–Trinajstić information content (AvgIpc) is 2.54. The van der Waals surface area contributed by atoms with Gasteiger partial charge in [0.1, 0.15) is 5.75 Å². The molecule has 0 aliphatic heterocycles. The maximum atomic E-state index is 11.7. The lowest BCUT2D eigenvalue weighted by Crippen LogP contribution is -2.24. The van der Waals surface area contributed by atoms with E-state index in [1.54, 1.807) is 18.3 Å². The summed E-state index contributed by atoms with van der Waals surface area (Å²) in [5, 5.41) is 6.62. The number of nitrogens with zero attached hydrogens (tertiary/aromatic N) is 1. The number of amides is 2. The lowest BCUT2D eigenvalue weighted by molar-refractivity contribution is 0.252. The third-order valence-corrected chi connectivity index (χ3v) is 2.85. The topological polar surface area (TPSA) is 62.7 Å². The largest absolute Gasteiger partial charge is 0.493 e. The Bertz CT molecular complexity index is 654. The van der Waals surface area contributed by atoms with E-state index >= 15 is 0 Å². The van der Waals surface area contributed by atoms with Gasteiger partial charge in [0.2, 0.25) is 0 Å². The van der Waals surface area contributed by atoms with Crippen molar-refractivity contribution in [2.75, 3.05) is 11.9 Å². The molecule has 5 nitrogen and oxygen atoms in total. The Morgan fingerprint density at radius 1 is 1.17 bits per heavy atom. The van der Waals surface area contributed by atoms with Gasteiger partial charge in [-0.2, -0.15) is 5.10 Å². The van der Waals surface area contributed by atoms with Gasteiger partial charge in [0, 0.05) is 5.69 Å². The summed E-state index contributed by atoms with van der Waals surface area (Å²) in [7, 11) is 0. The standard InChI is InChI=1S/C18H21N3O2/c1-14(2)13-23-17-10-6-7-15(11-17)12-19-21-18(22)20-16-8-4-3-5-9-16/h3-12,14H,13H2,1-2H3,(H2,20,21,22)/b19-12+. The van der Waals surface area contributed by atoms with Crippen LogP contribution in [0.4, 0.5) is 10.5 Å². The van der Waals surface area contributed by atoms with E-state index in [2.05, 4.69) is 29.7 Å². The molecule has 0 spiro atoms. The number of nitrogens with one attached hydrogen (secondary N) is 2. The second-order valence-corrected chi connectivity index (χ2v) is 5.47. The van der Waals surface area contributed by atoms with E-state index in [1.807, 2.05) is 42.5 Å². The summed E-state index contributed by atoms with van der Waals surface area (Å²) in [4.78, 5) is 11.7. The number of anilines is 1. The molecule has 0 bridgehead atoms. The van der Waals surface area contributed by atoms with Crippen LogP contribution in [0.15, 0.2) is 59.7 Å². The van der Waals surface area contributed by atoms with Crippen LogP contribution < -0.4 is 15.5 Å². The number of hydrogen-bond donors (Lipinski definition) is 2. The highest BCUT2D eigenvalue weighted by molar-refractivity contribution is 5.90. The van der Waals surface area contributed by atoms with Gasteiger partial charge in [0.15, 0.2) is 0 Å². The molecule has 0 aliphatic carbocycles. The van der Waals surface area contributed by atoms with E-state index in [9.17, 15) is 4.79 Å². The van der Waals surface area contributed by atoms with Gasteiger partial charge in [-0.3, -0.25) is 0 Å². The van der Waals surface area contributed by atoms with E-state index < -0.39 is 0 Å². The lowest BCUT2D eigenvalue weighted by Gasteiger charge is -2.08. The number of carbonyl (C=O) groups is 1. The normalized spacial score (nSPS) is 10.7. The Labute approximate surface area is 136 Å². The molecule has 2 N–H and O–H groups in total. The first-order chi connectivity index (χ1) is 11.1. The summed E-state index contributed by atoms with van der Waals surface area (Å²) in [5.74, 6) is 1.26. The Morgan fingerprint density at radius 3 is 2.70 bits per heavy atom. The minimum atomic E-state index is -0.389. The van der Waals surface area contributed by atoms with Crippen LogP contribution in [0.2, 0.25) is 0 Å². The first-order valence-electron chi connectivity index (χ1n) is 7.51. The number of benzene rings is 2. The maximum Gasteiger partial charge on any atom is 0.339 e. The number of ether oxygens (including phenoxy) is 1. The van der Waals surface area contributed by atoms with Gasteiger partial charge in [-0.1, -0.05) is 44.2 Å². The summed E-state index contributed by atoms with van der Waals surface area (Å²) in [6.45, 7) is 4.86. The average molecular weight is 311 g/mol. The monoisotopic (exact) mass is 311 g/mol. The number of urea groups is 1. The number of carbonyl (C=O) groups excluding carboxylic acids is 1. The van der Waals surface area contributed by atoms with Crippen LogP contribution in [0.5, 0.6) is 5.75 Å². The molecule has 0 fully saturated rings. The van der Waals surface area contributed by atoms with Gasteiger partial charge < -0.3 is 10.1 Å². The van der Waals surface area contributed by atoms with Crippen LogP contribution in [0, 0.1) is 5.92 Å². The van der Waals surface area contributed by atoms with E-state index in [0.29, 0.717) is 18.2 Å². The molecule has 2 amide bonds. The molecule has 23 heavy (non-hydrogen) atoms. The van der Waals surface area contributed by atoms with Gasteiger partial charge in [0.25, 0.3) is 0 Å². The first-order valence-corrected chi connectivity index (χ1v) is 7.51. The zero-order valence-corrected chi connectivity index (χ0v) is 13.3. The second-order valence-electron chi connectivity index (χ2n) is 5.47. The molecule has 0 aromatic heterocycles. The minimum absolute atomic E-state index is 0.389. The van der Waals surface area contributed by atoms with E-state index in [4.69, 9.17) is 4.74 Å². The molecule has 0 heterocycles. The molecular weight excluding hydrogens is 290 g/mol. The maximum absolute atomic E-state index is 11.7. The Morgan fingerprint density at radius 2 is 1.96 bits per heavy atom. The zero-order chi connectivity index (χ0) is 16.5. The first kappa shape index (κ1) is 16.5. The highest BCUT2D eigenvalue weighted by atomic mass is 16.5. The molecular formula is C18H21N3O2. The molecule has 0 unspecified atom stereocenters.